The minimum absolute atomic E-state index is 0.0408. The summed E-state index contributed by atoms with van der Waals surface area (Å²) in [6.07, 6.45) is 4.26. The Morgan fingerprint density at radius 1 is 1.37 bits per heavy atom. The van der Waals surface area contributed by atoms with Crippen LogP contribution in [0.4, 0.5) is 0 Å². The lowest BCUT2D eigenvalue weighted by atomic mass is 10.2. The molecule has 0 bridgehead atoms. The Balaban J connectivity index is 2.03. The number of ether oxygens (including phenoxy) is 2. The zero-order valence-corrected chi connectivity index (χ0v) is 11.6. The maximum absolute atomic E-state index is 11.9. The third-order valence-corrected chi connectivity index (χ3v) is 3.09. The van der Waals surface area contributed by atoms with Crippen molar-refractivity contribution in [2.24, 2.45) is 0 Å². The first-order valence-electron chi connectivity index (χ1n) is 6.86. The second-order valence-electron chi connectivity index (χ2n) is 4.82. The van der Waals surface area contributed by atoms with Crippen LogP contribution in [0.1, 0.15) is 43.0 Å². The quantitative estimate of drug-likeness (QED) is 0.769. The Bertz CT molecular complexity index is 441. The largest absolute Gasteiger partial charge is 0.493 e. The van der Waals surface area contributed by atoms with Crippen LogP contribution in [0.2, 0.25) is 0 Å². The normalized spacial score (nSPS) is 14.0. The van der Waals surface area contributed by atoms with E-state index in [9.17, 15) is 4.79 Å². The second-order valence-corrected chi connectivity index (χ2v) is 4.82. The summed E-state index contributed by atoms with van der Waals surface area (Å²) in [6.45, 7) is 2.78. The van der Waals surface area contributed by atoms with Crippen molar-refractivity contribution in [2.45, 2.75) is 38.6 Å². The molecule has 1 N–H and O–H groups in total. The van der Waals surface area contributed by atoms with Gasteiger partial charge in [-0.2, -0.15) is 0 Å². The third kappa shape index (κ3) is 3.88. The van der Waals surface area contributed by atoms with Gasteiger partial charge in [-0.1, -0.05) is 13.3 Å². The highest BCUT2D eigenvalue weighted by molar-refractivity contribution is 5.95. The van der Waals surface area contributed by atoms with Gasteiger partial charge in [-0.25, -0.2) is 0 Å². The molecule has 1 saturated carbocycles. The van der Waals surface area contributed by atoms with Gasteiger partial charge in [0.05, 0.1) is 13.7 Å². The Kier molecular flexibility index (Phi) is 4.66. The number of rotatable bonds is 7. The number of methoxy groups -OCH3 is 1. The third-order valence-electron chi connectivity index (χ3n) is 3.09. The van der Waals surface area contributed by atoms with Gasteiger partial charge in [0.15, 0.2) is 11.5 Å². The van der Waals surface area contributed by atoms with Gasteiger partial charge in [-0.05, 0) is 37.5 Å². The number of hydrogen-bond acceptors (Lipinski definition) is 3. The van der Waals surface area contributed by atoms with E-state index in [2.05, 4.69) is 12.2 Å². The van der Waals surface area contributed by atoms with Crippen LogP contribution in [0, 0.1) is 0 Å². The monoisotopic (exact) mass is 263 g/mol. The van der Waals surface area contributed by atoms with E-state index in [0.717, 1.165) is 25.7 Å². The molecule has 0 aromatic heterocycles. The van der Waals surface area contributed by atoms with Gasteiger partial charge in [0.2, 0.25) is 0 Å². The van der Waals surface area contributed by atoms with Crippen molar-refractivity contribution in [1.82, 2.24) is 5.32 Å². The fraction of sp³-hybridized carbons (Fsp3) is 0.533. The lowest BCUT2D eigenvalue weighted by Gasteiger charge is -2.12. The van der Waals surface area contributed by atoms with Crippen LogP contribution in [0.5, 0.6) is 11.5 Å². The highest BCUT2D eigenvalue weighted by Gasteiger charge is 2.24. The molecule has 4 nitrogen and oxygen atoms in total. The van der Waals surface area contributed by atoms with Crippen LogP contribution in [-0.4, -0.2) is 25.7 Å². The van der Waals surface area contributed by atoms with Crippen molar-refractivity contribution >= 4 is 5.91 Å². The fourth-order valence-corrected chi connectivity index (χ4v) is 1.75. The van der Waals surface area contributed by atoms with Gasteiger partial charge in [0, 0.05) is 11.6 Å². The number of nitrogens with one attached hydrogen (secondary N) is 1. The van der Waals surface area contributed by atoms with Crippen molar-refractivity contribution in [2.75, 3.05) is 13.7 Å². The minimum atomic E-state index is -0.0408. The van der Waals surface area contributed by atoms with E-state index in [4.69, 9.17) is 9.47 Å². The van der Waals surface area contributed by atoms with Gasteiger partial charge < -0.3 is 14.8 Å². The molecule has 0 radical (unpaired) electrons. The van der Waals surface area contributed by atoms with E-state index in [1.807, 2.05) is 0 Å². The molecule has 1 aliphatic carbocycles. The summed E-state index contributed by atoms with van der Waals surface area (Å²) >= 11 is 0. The molecule has 1 aromatic rings. The number of benzene rings is 1. The van der Waals surface area contributed by atoms with Gasteiger partial charge in [0.1, 0.15) is 0 Å². The summed E-state index contributed by atoms with van der Waals surface area (Å²) in [7, 11) is 1.59. The van der Waals surface area contributed by atoms with E-state index >= 15 is 0 Å². The highest BCUT2D eigenvalue weighted by atomic mass is 16.5. The zero-order valence-electron chi connectivity index (χ0n) is 11.6. The van der Waals surface area contributed by atoms with E-state index in [1.165, 1.54) is 0 Å². The van der Waals surface area contributed by atoms with E-state index in [1.54, 1.807) is 25.3 Å². The predicted molar refractivity (Wildman–Crippen MR) is 73.9 cm³/mol. The number of carbonyl (C=O) groups is 1. The predicted octanol–water partition coefficient (Wildman–Crippen LogP) is 2.77. The average Bonchev–Trinajstić information content (AvgIpc) is 3.23. The van der Waals surface area contributed by atoms with Crippen LogP contribution in [0.15, 0.2) is 18.2 Å². The molecule has 104 valence electrons. The Morgan fingerprint density at radius 2 is 2.16 bits per heavy atom. The summed E-state index contributed by atoms with van der Waals surface area (Å²) in [4.78, 5) is 11.9. The molecule has 0 saturated heterocycles. The molecule has 0 spiro atoms. The van der Waals surface area contributed by atoms with Crippen LogP contribution in [-0.2, 0) is 0 Å². The molecule has 0 aliphatic heterocycles. The maximum Gasteiger partial charge on any atom is 0.251 e. The van der Waals surface area contributed by atoms with Crippen LogP contribution in [0.25, 0.3) is 0 Å². The number of amides is 1. The molecule has 1 fully saturated rings. The molecule has 2 rings (SSSR count). The molecule has 4 heteroatoms. The number of hydrogen-bond donors (Lipinski definition) is 1. The van der Waals surface area contributed by atoms with Gasteiger partial charge in [-0.3, -0.25) is 4.79 Å². The lowest BCUT2D eigenvalue weighted by Crippen LogP contribution is -2.25. The maximum atomic E-state index is 11.9. The molecule has 1 aromatic carbocycles. The van der Waals surface area contributed by atoms with E-state index in [-0.39, 0.29) is 5.91 Å². The molecule has 0 unspecified atom stereocenters. The second kappa shape index (κ2) is 6.45. The molecule has 1 amide bonds. The van der Waals surface area contributed by atoms with Crippen molar-refractivity contribution in [1.29, 1.82) is 0 Å². The average molecular weight is 263 g/mol. The first kappa shape index (κ1) is 13.7. The summed E-state index contributed by atoms with van der Waals surface area (Å²) in [5.74, 6) is 1.26. The van der Waals surface area contributed by atoms with E-state index < -0.39 is 0 Å². The number of carbonyl (C=O) groups excluding carboxylic acids is 1. The number of unbranched alkanes of at least 4 members (excludes halogenated alkanes) is 1. The summed E-state index contributed by atoms with van der Waals surface area (Å²) in [6, 6.07) is 5.68. The van der Waals surface area contributed by atoms with Crippen molar-refractivity contribution in [3.63, 3.8) is 0 Å². The molecular formula is C15H21NO3. The minimum Gasteiger partial charge on any atom is -0.493 e. The zero-order chi connectivity index (χ0) is 13.7. The Labute approximate surface area is 114 Å². The molecule has 0 atom stereocenters. The first-order chi connectivity index (χ1) is 9.24. The van der Waals surface area contributed by atoms with Crippen LogP contribution < -0.4 is 14.8 Å². The fourth-order valence-electron chi connectivity index (χ4n) is 1.75. The molecular weight excluding hydrogens is 242 g/mol. The summed E-state index contributed by atoms with van der Waals surface area (Å²) < 4.78 is 10.9. The van der Waals surface area contributed by atoms with Gasteiger partial charge in [0.25, 0.3) is 5.91 Å². The van der Waals surface area contributed by atoms with Gasteiger partial charge >= 0.3 is 0 Å². The summed E-state index contributed by atoms with van der Waals surface area (Å²) in [5.41, 5.74) is 0.617. The Morgan fingerprint density at radius 3 is 2.79 bits per heavy atom. The molecule has 1 aliphatic rings. The van der Waals surface area contributed by atoms with Crippen molar-refractivity contribution in [3.05, 3.63) is 23.8 Å². The smallest absolute Gasteiger partial charge is 0.251 e. The summed E-state index contributed by atoms with van der Waals surface area (Å²) in [5, 5.41) is 2.96. The SMILES string of the molecule is CCCCOc1ccc(C(=O)NC2CC2)cc1OC. The highest BCUT2D eigenvalue weighted by Crippen LogP contribution is 2.28. The van der Waals surface area contributed by atoms with Gasteiger partial charge in [-0.15, -0.1) is 0 Å². The van der Waals surface area contributed by atoms with Crippen molar-refractivity contribution in [3.8, 4) is 11.5 Å². The van der Waals surface area contributed by atoms with E-state index in [0.29, 0.717) is 29.7 Å². The topological polar surface area (TPSA) is 47.6 Å². The molecule has 0 heterocycles. The lowest BCUT2D eigenvalue weighted by molar-refractivity contribution is 0.0950. The van der Waals surface area contributed by atoms with Crippen LogP contribution >= 0.6 is 0 Å². The van der Waals surface area contributed by atoms with Crippen molar-refractivity contribution < 1.29 is 14.3 Å². The molecule has 19 heavy (non-hydrogen) atoms. The van der Waals surface area contributed by atoms with Crippen LogP contribution in [0.3, 0.4) is 0 Å². The first-order valence-corrected chi connectivity index (χ1v) is 6.86. The standard InChI is InChI=1S/C15H21NO3/c1-3-4-9-19-13-8-5-11(10-14(13)18-2)15(17)16-12-6-7-12/h5,8,10,12H,3-4,6-7,9H2,1-2H3,(H,16,17). The Hall–Kier alpha value is -1.71.